The third-order valence-electron chi connectivity index (χ3n) is 4.43. The van der Waals surface area contributed by atoms with Gasteiger partial charge in [-0.25, -0.2) is 19.7 Å². The Bertz CT molecular complexity index is 782. The maximum absolute atomic E-state index is 12.8. The Morgan fingerprint density at radius 3 is 2.65 bits per heavy atom. The van der Waals surface area contributed by atoms with E-state index in [0.29, 0.717) is 18.0 Å². The average molecular weight is 311 g/mol. The highest BCUT2D eigenvalue weighted by Gasteiger charge is 2.32. The fourth-order valence-electron chi connectivity index (χ4n) is 3.08. The maximum atomic E-state index is 12.8. The molecule has 0 unspecified atom stereocenters. The zero-order valence-electron chi connectivity index (χ0n) is 12.6. The van der Waals surface area contributed by atoms with Gasteiger partial charge in [0.05, 0.1) is 11.6 Å². The quantitative estimate of drug-likeness (QED) is 0.925. The number of amides is 1. The molecule has 3 heterocycles. The molecular formula is C16H17N5O2. The van der Waals surface area contributed by atoms with Gasteiger partial charge in [-0.1, -0.05) is 0 Å². The Kier molecular flexibility index (Phi) is 3.40. The van der Waals surface area contributed by atoms with Gasteiger partial charge in [-0.3, -0.25) is 4.79 Å². The molecule has 7 heteroatoms. The van der Waals surface area contributed by atoms with Crippen molar-refractivity contribution in [2.45, 2.75) is 37.6 Å². The number of nitrogens with one attached hydrogen (secondary N) is 1. The maximum Gasteiger partial charge on any atom is 0.345 e. The van der Waals surface area contributed by atoms with E-state index in [1.54, 1.807) is 23.4 Å². The van der Waals surface area contributed by atoms with Crippen LogP contribution in [-0.4, -0.2) is 37.3 Å². The number of likely N-dealkylation sites (tertiary alicyclic amines) is 1. The zero-order valence-corrected chi connectivity index (χ0v) is 12.6. The van der Waals surface area contributed by atoms with E-state index < -0.39 is 0 Å². The molecule has 2 aromatic rings. The van der Waals surface area contributed by atoms with E-state index >= 15 is 0 Å². The van der Waals surface area contributed by atoms with E-state index in [1.807, 2.05) is 0 Å². The summed E-state index contributed by atoms with van der Waals surface area (Å²) in [5, 5.41) is 0. The van der Waals surface area contributed by atoms with Gasteiger partial charge in [0, 0.05) is 36.7 Å². The largest absolute Gasteiger partial charge is 0.345 e. The molecule has 4 rings (SSSR count). The van der Waals surface area contributed by atoms with Crippen LogP contribution in [0.5, 0.6) is 0 Å². The minimum absolute atomic E-state index is 0.0903. The minimum atomic E-state index is -0.390. The van der Waals surface area contributed by atoms with E-state index in [-0.39, 0.29) is 17.6 Å². The van der Waals surface area contributed by atoms with Gasteiger partial charge in [-0.2, -0.15) is 0 Å². The van der Waals surface area contributed by atoms with Crippen molar-refractivity contribution < 1.29 is 4.79 Å². The van der Waals surface area contributed by atoms with E-state index in [9.17, 15) is 9.59 Å². The summed E-state index contributed by atoms with van der Waals surface area (Å²) >= 11 is 0. The van der Waals surface area contributed by atoms with E-state index in [4.69, 9.17) is 0 Å². The smallest absolute Gasteiger partial charge is 0.330 e. The summed E-state index contributed by atoms with van der Waals surface area (Å²) in [4.78, 5) is 40.9. The second-order valence-electron chi connectivity index (χ2n) is 6.09. The van der Waals surface area contributed by atoms with E-state index in [2.05, 4.69) is 19.9 Å². The lowest BCUT2D eigenvalue weighted by Crippen LogP contribution is -2.32. The van der Waals surface area contributed by atoms with Crippen molar-refractivity contribution in [3.05, 3.63) is 52.2 Å². The van der Waals surface area contributed by atoms with Crippen LogP contribution in [0.25, 0.3) is 0 Å². The highest BCUT2D eigenvalue weighted by Crippen LogP contribution is 2.37. The Hall–Kier alpha value is -2.57. The second kappa shape index (κ2) is 5.57. The summed E-state index contributed by atoms with van der Waals surface area (Å²) in [5.74, 6) is 1.21. The van der Waals surface area contributed by atoms with E-state index in [1.165, 1.54) is 6.20 Å². The van der Waals surface area contributed by atoms with Crippen molar-refractivity contribution in [2.75, 3.05) is 6.54 Å². The first-order valence-electron chi connectivity index (χ1n) is 7.90. The molecule has 118 valence electrons. The van der Waals surface area contributed by atoms with Crippen LogP contribution in [0.3, 0.4) is 0 Å². The summed E-state index contributed by atoms with van der Waals surface area (Å²) in [5.41, 5.74) is 0.836. The molecule has 2 aromatic heterocycles. The van der Waals surface area contributed by atoms with Gasteiger partial charge >= 0.3 is 5.69 Å². The van der Waals surface area contributed by atoms with Crippen LogP contribution in [0.1, 0.15) is 59.5 Å². The first kappa shape index (κ1) is 14.0. The normalized spacial score (nSPS) is 20.7. The fraction of sp³-hybridized carbons (Fsp3) is 0.438. The first-order valence-corrected chi connectivity index (χ1v) is 7.90. The number of hydrogen-bond acceptors (Lipinski definition) is 5. The van der Waals surface area contributed by atoms with Crippen molar-refractivity contribution in [1.82, 2.24) is 24.8 Å². The van der Waals surface area contributed by atoms with Crippen molar-refractivity contribution in [2.24, 2.45) is 0 Å². The molecule has 1 saturated carbocycles. The van der Waals surface area contributed by atoms with Crippen LogP contribution >= 0.6 is 0 Å². The summed E-state index contributed by atoms with van der Waals surface area (Å²) < 4.78 is 0. The molecule has 1 amide bonds. The number of aromatic nitrogens is 4. The molecule has 0 radical (unpaired) electrons. The number of carbonyl (C=O) groups excluding carboxylic acids is 1. The molecule has 1 aliphatic heterocycles. The standard InChI is InChI=1S/C16H17N5O2/c22-15(11-8-18-14(19-9-11)10-3-4-10)21-7-1-2-13(21)12-5-6-17-16(23)20-12/h5-6,8-10,13H,1-4,7H2,(H,17,20,23)/t13-/m1/s1. The summed E-state index contributed by atoms with van der Waals surface area (Å²) in [6.45, 7) is 0.665. The molecule has 0 aromatic carbocycles. The number of rotatable bonds is 3. The van der Waals surface area contributed by atoms with Gasteiger partial charge in [0.25, 0.3) is 5.91 Å². The van der Waals surface area contributed by atoms with Gasteiger partial charge in [-0.15, -0.1) is 0 Å². The molecule has 7 nitrogen and oxygen atoms in total. The van der Waals surface area contributed by atoms with Gasteiger partial charge in [0.1, 0.15) is 5.82 Å². The highest BCUT2D eigenvalue weighted by molar-refractivity contribution is 5.94. The van der Waals surface area contributed by atoms with Crippen molar-refractivity contribution in [3.8, 4) is 0 Å². The lowest BCUT2D eigenvalue weighted by atomic mass is 10.1. The van der Waals surface area contributed by atoms with Gasteiger partial charge in [0.15, 0.2) is 0 Å². The Morgan fingerprint density at radius 2 is 1.96 bits per heavy atom. The molecule has 1 saturated heterocycles. The van der Waals surface area contributed by atoms with Crippen LogP contribution in [0.15, 0.2) is 29.5 Å². The molecule has 2 aliphatic rings. The highest BCUT2D eigenvalue weighted by atomic mass is 16.2. The lowest BCUT2D eigenvalue weighted by molar-refractivity contribution is 0.0731. The number of nitrogens with zero attached hydrogens (tertiary/aromatic N) is 4. The van der Waals surface area contributed by atoms with Gasteiger partial charge in [-0.05, 0) is 31.7 Å². The molecule has 0 bridgehead atoms. The predicted molar refractivity (Wildman–Crippen MR) is 81.9 cm³/mol. The van der Waals surface area contributed by atoms with Crippen LogP contribution in [0, 0.1) is 0 Å². The lowest BCUT2D eigenvalue weighted by Gasteiger charge is -2.24. The van der Waals surface area contributed by atoms with Crippen molar-refractivity contribution >= 4 is 5.91 Å². The number of aromatic amines is 1. The molecule has 23 heavy (non-hydrogen) atoms. The Morgan fingerprint density at radius 1 is 1.17 bits per heavy atom. The fourth-order valence-corrected chi connectivity index (χ4v) is 3.08. The molecular weight excluding hydrogens is 294 g/mol. The molecule has 1 N–H and O–H groups in total. The van der Waals surface area contributed by atoms with Crippen LogP contribution in [0.4, 0.5) is 0 Å². The molecule has 1 atom stereocenters. The molecule has 1 aliphatic carbocycles. The van der Waals surface area contributed by atoms with Gasteiger partial charge in [0.2, 0.25) is 0 Å². The second-order valence-corrected chi connectivity index (χ2v) is 6.09. The molecule has 2 fully saturated rings. The SMILES string of the molecule is O=C(c1cnc(C2CC2)nc1)N1CCC[C@@H]1c1ccnc(=O)[nH]1. The van der Waals surface area contributed by atoms with Gasteiger partial charge < -0.3 is 9.88 Å². The van der Waals surface area contributed by atoms with Crippen LogP contribution < -0.4 is 5.69 Å². The van der Waals surface area contributed by atoms with Crippen LogP contribution in [0.2, 0.25) is 0 Å². The third kappa shape index (κ3) is 2.74. The van der Waals surface area contributed by atoms with Crippen molar-refractivity contribution in [1.29, 1.82) is 0 Å². The average Bonchev–Trinajstić information content (AvgIpc) is 3.31. The summed E-state index contributed by atoms with van der Waals surface area (Å²) in [6, 6.07) is 1.63. The zero-order chi connectivity index (χ0) is 15.8. The predicted octanol–water partition coefficient (Wildman–Crippen LogP) is 1.41. The number of H-pyrrole nitrogens is 1. The molecule has 0 spiro atoms. The monoisotopic (exact) mass is 311 g/mol. The summed E-state index contributed by atoms with van der Waals surface area (Å²) in [7, 11) is 0. The third-order valence-corrected chi connectivity index (χ3v) is 4.43. The van der Waals surface area contributed by atoms with Crippen molar-refractivity contribution in [3.63, 3.8) is 0 Å². The number of hydrogen-bond donors (Lipinski definition) is 1. The summed E-state index contributed by atoms with van der Waals surface area (Å²) in [6.07, 6.45) is 8.71. The number of carbonyl (C=O) groups is 1. The van der Waals surface area contributed by atoms with E-state index in [0.717, 1.165) is 37.2 Å². The minimum Gasteiger partial charge on any atom is -0.330 e. The van der Waals surface area contributed by atoms with Crippen LogP contribution in [-0.2, 0) is 0 Å². The topological polar surface area (TPSA) is 91.8 Å². The first-order chi connectivity index (χ1) is 11.2. The Balaban J connectivity index is 1.57. The Labute approximate surface area is 132 Å².